The molecule has 6 nitrogen and oxygen atoms in total. The first-order valence-corrected chi connectivity index (χ1v) is 7.70. The Bertz CT molecular complexity index is 831. The van der Waals surface area contributed by atoms with Crippen LogP contribution in [0.4, 0.5) is 0 Å². The molecule has 0 aliphatic carbocycles. The molecular formula is C19H20N2O4. The van der Waals surface area contributed by atoms with Gasteiger partial charge < -0.3 is 18.9 Å². The van der Waals surface area contributed by atoms with Gasteiger partial charge in [-0.2, -0.15) is 5.10 Å². The highest BCUT2D eigenvalue weighted by Gasteiger charge is 2.16. The van der Waals surface area contributed by atoms with E-state index in [2.05, 4.69) is 10.2 Å². The molecule has 6 heteroatoms. The van der Waals surface area contributed by atoms with Gasteiger partial charge in [0.15, 0.2) is 11.5 Å². The average molecular weight is 340 g/mol. The molecule has 0 unspecified atom stereocenters. The van der Waals surface area contributed by atoms with Crippen LogP contribution in [0.2, 0.25) is 0 Å². The molecule has 0 atom stereocenters. The maximum Gasteiger partial charge on any atom is 0.203 e. The minimum atomic E-state index is 0.555. The van der Waals surface area contributed by atoms with Crippen molar-refractivity contribution in [1.82, 2.24) is 10.2 Å². The highest BCUT2D eigenvalue weighted by Crippen LogP contribution is 2.41. The van der Waals surface area contributed by atoms with Crippen LogP contribution in [0.1, 0.15) is 0 Å². The summed E-state index contributed by atoms with van der Waals surface area (Å²) >= 11 is 0. The van der Waals surface area contributed by atoms with Crippen LogP contribution in [0.15, 0.2) is 42.5 Å². The smallest absolute Gasteiger partial charge is 0.203 e. The van der Waals surface area contributed by atoms with Crippen molar-refractivity contribution in [2.24, 2.45) is 0 Å². The van der Waals surface area contributed by atoms with E-state index >= 15 is 0 Å². The topological polar surface area (TPSA) is 65.6 Å². The van der Waals surface area contributed by atoms with E-state index in [4.69, 9.17) is 18.9 Å². The van der Waals surface area contributed by atoms with Crippen molar-refractivity contribution in [3.05, 3.63) is 42.5 Å². The number of hydrogen-bond acceptors (Lipinski definition) is 5. The lowest BCUT2D eigenvalue weighted by molar-refractivity contribution is 0.324. The summed E-state index contributed by atoms with van der Waals surface area (Å²) in [5.41, 5.74) is 3.58. The van der Waals surface area contributed by atoms with E-state index in [-0.39, 0.29) is 0 Å². The summed E-state index contributed by atoms with van der Waals surface area (Å²) in [5, 5.41) is 7.46. The molecule has 0 saturated heterocycles. The van der Waals surface area contributed by atoms with Gasteiger partial charge in [0.1, 0.15) is 5.75 Å². The van der Waals surface area contributed by atoms with Crippen molar-refractivity contribution in [1.29, 1.82) is 0 Å². The SMILES string of the molecule is COc1ccc(-c2cc(-c3cc(OC)c(OC)c(OC)c3)n[nH]2)cc1. The number of ether oxygens (including phenoxy) is 4. The van der Waals surface area contributed by atoms with Crippen molar-refractivity contribution >= 4 is 0 Å². The van der Waals surface area contributed by atoms with Gasteiger partial charge in [0.25, 0.3) is 0 Å². The van der Waals surface area contributed by atoms with Crippen LogP contribution in [0.25, 0.3) is 22.5 Å². The molecule has 0 bridgehead atoms. The maximum atomic E-state index is 5.40. The Balaban J connectivity index is 1.98. The fourth-order valence-electron chi connectivity index (χ4n) is 2.62. The summed E-state index contributed by atoms with van der Waals surface area (Å²) in [4.78, 5) is 0. The average Bonchev–Trinajstić information content (AvgIpc) is 3.17. The van der Waals surface area contributed by atoms with E-state index in [0.717, 1.165) is 28.3 Å². The molecule has 0 amide bonds. The predicted octanol–water partition coefficient (Wildman–Crippen LogP) is 3.78. The van der Waals surface area contributed by atoms with Gasteiger partial charge in [-0.3, -0.25) is 5.10 Å². The van der Waals surface area contributed by atoms with E-state index < -0.39 is 0 Å². The molecule has 3 rings (SSSR count). The zero-order chi connectivity index (χ0) is 17.8. The highest BCUT2D eigenvalue weighted by atomic mass is 16.5. The number of H-pyrrole nitrogens is 1. The van der Waals surface area contributed by atoms with E-state index in [1.165, 1.54) is 0 Å². The largest absolute Gasteiger partial charge is 0.497 e. The van der Waals surface area contributed by atoms with E-state index in [9.17, 15) is 0 Å². The number of benzene rings is 2. The van der Waals surface area contributed by atoms with Gasteiger partial charge >= 0.3 is 0 Å². The summed E-state index contributed by atoms with van der Waals surface area (Å²) in [6.45, 7) is 0. The third kappa shape index (κ3) is 3.24. The molecule has 0 spiro atoms. The van der Waals surface area contributed by atoms with Crippen LogP contribution in [0.5, 0.6) is 23.0 Å². The zero-order valence-corrected chi connectivity index (χ0v) is 14.6. The normalized spacial score (nSPS) is 10.4. The van der Waals surface area contributed by atoms with Gasteiger partial charge in [-0.15, -0.1) is 0 Å². The van der Waals surface area contributed by atoms with Crippen molar-refractivity contribution in [2.75, 3.05) is 28.4 Å². The minimum absolute atomic E-state index is 0.555. The second-order valence-electron chi connectivity index (χ2n) is 5.31. The molecule has 1 N–H and O–H groups in total. The van der Waals surface area contributed by atoms with Gasteiger partial charge in [0.2, 0.25) is 5.75 Å². The summed E-state index contributed by atoms with van der Waals surface area (Å²) in [7, 11) is 6.41. The molecule has 1 aromatic heterocycles. The van der Waals surface area contributed by atoms with Gasteiger partial charge in [-0.05, 0) is 48.0 Å². The van der Waals surface area contributed by atoms with Crippen LogP contribution < -0.4 is 18.9 Å². The Labute approximate surface area is 146 Å². The molecule has 0 saturated carbocycles. The lowest BCUT2D eigenvalue weighted by Crippen LogP contribution is -1.95. The number of rotatable bonds is 6. The third-order valence-corrected chi connectivity index (χ3v) is 3.94. The van der Waals surface area contributed by atoms with Crippen molar-refractivity contribution in [3.63, 3.8) is 0 Å². The fourth-order valence-corrected chi connectivity index (χ4v) is 2.62. The molecule has 25 heavy (non-hydrogen) atoms. The summed E-state index contributed by atoms with van der Waals surface area (Å²) in [5.74, 6) is 2.55. The lowest BCUT2D eigenvalue weighted by Gasteiger charge is -2.13. The second kappa shape index (κ2) is 7.17. The third-order valence-electron chi connectivity index (χ3n) is 3.94. The number of methoxy groups -OCH3 is 4. The summed E-state index contributed by atoms with van der Waals surface area (Å²) in [6, 6.07) is 13.5. The monoisotopic (exact) mass is 340 g/mol. The number of nitrogens with zero attached hydrogens (tertiary/aromatic N) is 1. The van der Waals surface area contributed by atoms with Gasteiger partial charge in [-0.1, -0.05) is 0 Å². The minimum Gasteiger partial charge on any atom is -0.497 e. The molecule has 0 fully saturated rings. The number of aromatic nitrogens is 2. The van der Waals surface area contributed by atoms with Crippen LogP contribution in [-0.2, 0) is 0 Å². The molecule has 3 aromatic rings. The molecule has 0 radical (unpaired) electrons. The predicted molar refractivity (Wildman–Crippen MR) is 95.7 cm³/mol. The second-order valence-corrected chi connectivity index (χ2v) is 5.31. The Morgan fingerprint density at radius 1 is 0.720 bits per heavy atom. The molecule has 1 heterocycles. The molecule has 130 valence electrons. The van der Waals surface area contributed by atoms with Crippen LogP contribution in [-0.4, -0.2) is 38.6 Å². The van der Waals surface area contributed by atoms with Crippen molar-refractivity contribution in [2.45, 2.75) is 0 Å². The van der Waals surface area contributed by atoms with E-state index in [1.54, 1.807) is 28.4 Å². The first kappa shape index (κ1) is 16.7. The number of hydrogen-bond donors (Lipinski definition) is 1. The van der Waals surface area contributed by atoms with Gasteiger partial charge in [0, 0.05) is 5.56 Å². The standard InChI is InChI=1S/C19H20N2O4/c1-22-14-7-5-12(6-8-14)15-11-16(21-20-15)13-9-17(23-2)19(25-4)18(10-13)24-3/h5-11H,1-4H3,(H,20,21). The van der Waals surface area contributed by atoms with E-state index in [0.29, 0.717) is 17.2 Å². The quantitative estimate of drug-likeness (QED) is 0.740. The van der Waals surface area contributed by atoms with Crippen molar-refractivity contribution < 1.29 is 18.9 Å². The maximum absolute atomic E-state index is 5.40. The summed E-state index contributed by atoms with van der Waals surface area (Å²) in [6.07, 6.45) is 0. The summed E-state index contributed by atoms with van der Waals surface area (Å²) < 4.78 is 21.3. The van der Waals surface area contributed by atoms with Crippen LogP contribution >= 0.6 is 0 Å². The number of aromatic amines is 1. The Morgan fingerprint density at radius 3 is 1.88 bits per heavy atom. The fraction of sp³-hybridized carbons (Fsp3) is 0.211. The first-order chi connectivity index (χ1) is 12.2. The lowest BCUT2D eigenvalue weighted by atomic mass is 10.1. The Morgan fingerprint density at radius 2 is 1.36 bits per heavy atom. The molecule has 0 aliphatic rings. The molecule has 2 aromatic carbocycles. The van der Waals surface area contributed by atoms with E-state index in [1.807, 2.05) is 42.5 Å². The number of nitrogens with one attached hydrogen (secondary N) is 1. The van der Waals surface area contributed by atoms with Crippen LogP contribution in [0, 0.1) is 0 Å². The molecular weight excluding hydrogens is 320 g/mol. The highest BCUT2D eigenvalue weighted by molar-refractivity contribution is 5.72. The van der Waals surface area contributed by atoms with Gasteiger partial charge in [-0.25, -0.2) is 0 Å². The first-order valence-electron chi connectivity index (χ1n) is 7.70. The van der Waals surface area contributed by atoms with Crippen molar-refractivity contribution in [3.8, 4) is 45.5 Å². The van der Waals surface area contributed by atoms with Gasteiger partial charge in [0.05, 0.1) is 39.8 Å². The Hall–Kier alpha value is -3.15. The molecule has 0 aliphatic heterocycles. The zero-order valence-electron chi connectivity index (χ0n) is 14.6. The van der Waals surface area contributed by atoms with Crippen LogP contribution in [0.3, 0.4) is 0 Å². The Kier molecular flexibility index (Phi) is 4.79.